The number of carbonyl (C=O) groups is 1. The first-order valence-corrected chi connectivity index (χ1v) is 12.9. The Kier molecular flexibility index (Phi) is 8.18. The molecule has 2 aromatic carbocycles. The monoisotopic (exact) mass is 466 g/mol. The van der Waals surface area contributed by atoms with Crippen molar-refractivity contribution in [2.24, 2.45) is 0 Å². The summed E-state index contributed by atoms with van der Waals surface area (Å²) in [4.78, 5) is 22.2. The maximum absolute atomic E-state index is 12.5. The molecule has 0 aliphatic carbocycles. The van der Waals surface area contributed by atoms with Crippen LogP contribution in [-0.2, 0) is 6.42 Å². The number of hydrogen-bond donors (Lipinski definition) is 1. The molecule has 0 bridgehead atoms. The van der Waals surface area contributed by atoms with Crippen LogP contribution in [0.1, 0.15) is 42.6 Å². The van der Waals surface area contributed by atoms with E-state index in [1.807, 2.05) is 24.3 Å². The van der Waals surface area contributed by atoms with Crippen molar-refractivity contribution in [3.05, 3.63) is 53.6 Å². The van der Waals surface area contributed by atoms with Gasteiger partial charge in [0.1, 0.15) is 5.75 Å². The van der Waals surface area contributed by atoms with Gasteiger partial charge in [-0.15, -0.1) is 0 Å². The van der Waals surface area contributed by atoms with Gasteiger partial charge in [0.05, 0.1) is 16.8 Å². The molecule has 0 radical (unpaired) electrons. The van der Waals surface area contributed by atoms with E-state index in [-0.39, 0.29) is 5.91 Å². The molecule has 0 saturated carbocycles. The first kappa shape index (κ1) is 23.5. The minimum absolute atomic E-state index is 0.0458. The number of piperazine rings is 1. The summed E-state index contributed by atoms with van der Waals surface area (Å²) in [5, 5.41) is 4.17. The molecule has 0 atom stereocenters. The number of carbonyl (C=O) groups excluding carboxylic acids is 1. The second kappa shape index (κ2) is 11.5. The fourth-order valence-corrected chi connectivity index (χ4v) is 5.05. The SMILES string of the molecule is CCCCOc1cccc(C(=O)NCCN2CCN(c3nc4ccc(CC)cc4s3)CC2)c1. The molecule has 3 aromatic rings. The highest BCUT2D eigenvalue weighted by Gasteiger charge is 2.20. The first-order valence-electron chi connectivity index (χ1n) is 12.0. The highest BCUT2D eigenvalue weighted by molar-refractivity contribution is 7.22. The largest absolute Gasteiger partial charge is 0.494 e. The molecular formula is C26H34N4O2S. The Morgan fingerprint density at radius 2 is 1.97 bits per heavy atom. The number of aromatic nitrogens is 1. The van der Waals surface area contributed by atoms with Crippen LogP contribution >= 0.6 is 11.3 Å². The smallest absolute Gasteiger partial charge is 0.251 e. The number of fused-ring (bicyclic) bond motifs is 1. The number of anilines is 1. The Morgan fingerprint density at radius 3 is 2.76 bits per heavy atom. The lowest BCUT2D eigenvalue weighted by molar-refractivity contribution is 0.0947. The minimum Gasteiger partial charge on any atom is -0.494 e. The number of nitrogens with zero attached hydrogens (tertiary/aromatic N) is 3. The fourth-order valence-electron chi connectivity index (χ4n) is 3.97. The van der Waals surface area contributed by atoms with Gasteiger partial charge < -0.3 is 15.0 Å². The summed E-state index contributed by atoms with van der Waals surface area (Å²) in [6.07, 6.45) is 3.16. The number of hydrogen-bond acceptors (Lipinski definition) is 6. The summed E-state index contributed by atoms with van der Waals surface area (Å²) < 4.78 is 6.99. The molecule has 2 heterocycles. The quantitative estimate of drug-likeness (QED) is 0.443. The van der Waals surface area contributed by atoms with Gasteiger partial charge in [0.15, 0.2) is 5.13 Å². The topological polar surface area (TPSA) is 57.7 Å². The molecule has 1 aliphatic rings. The lowest BCUT2D eigenvalue weighted by Crippen LogP contribution is -2.48. The van der Waals surface area contributed by atoms with Gasteiger partial charge >= 0.3 is 0 Å². The first-order chi connectivity index (χ1) is 16.2. The van der Waals surface area contributed by atoms with Gasteiger partial charge in [0.2, 0.25) is 0 Å². The molecule has 1 aliphatic heterocycles. The average Bonchev–Trinajstić information content (AvgIpc) is 3.28. The number of benzene rings is 2. The maximum Gasteiger partial charge on any atom is 0.251 e. The summed E-state index contributed by atoms with van der Waals surface area (Å²) >= 11 is 1.79. The number of nitrogens with one attached hydrogen (secondary N) is 1. The van der Waals surface area contributed by atoms with Gasteiger partial charge in [0.25, 0.3) is 5.91 Å². The molecule has 1 aromatic heterocycles. The highest BCUT2D eigenvalue weighted by atomic mass is 32.1. The number of amides is 1. The maximum atomic E-state index is 12.5. The third-order valence-electron chi connectivity index (χ3n) is 6.07. The predicted octanol–water partition coefficient (Wildman–Crippen LogP) is 4.59. The van der Waals surface area contributed by atoms with Crippen LogP contribution in [0, 0.1) is 0 Å². The number of thiazole rings is 1. The molecule has 33 heavy (non-hydrogen) atoms. The summed E-state index contributed by atoms with van der Waals surface area (Å²) in [7, 11) is 0. The highest BCUT2D eigenvalue weighted by Crippen LogP contribution is 2.30. The zero-order chi connectivity index (χ0) is 23.0. The van der Waals surface area contributed by atoms with Crippen LogP contribution in [0.2, 0.25) is 0 Å². The second-order valence-electron chi connectivity index (χ2n) is 8.47. The van der Waals surface area contributed by atoms with Crippen molar-refractivity contribution in [1.82, 2.24) is 15.2 Å². The van der Waals surface area contributed by atoms with Crippen LogP contribution in [0.5, 0.6) is 5.75 Å². The second-order valence-corrected chi connectivity index (χ2v) is 9.48. The van der Waals surface area contributed by atoms with Crippen LogP contribution in [0.15, 0.2) is 42.5 Å². The van der Waals surface area contributed by atoms with Gasteiger partial charge in [0, 0.05) is 44.8 Å². The van der Waals surface area contributed by atoms with Crippen molar-refractivity contribution in [3.63, 3.8) is 0 Å². The molecule has 4 rings (SSSR count). The normalized spacial score (nSPS) is 14.5. The molecule has 176 valence electrons. The van der Waals surface area contributed by atoms with E-state index in [0.717, 1.165) is 68.4 Å². The molecule has 1 amide bonds. The van der Waals surface area contributed by atoms with Crippen molar-refractivity contribution in [2.45, 2.75) is 33.1 Å². The van der Waals surface area contributed by atoms with E-state index in [1.165, 1.54) is 10.3 Å². The van der Waals surface area contributed by atoms with Crippen molar-refractivity contribution in [3.8, 4) is 5.75 Å². The van der Waals surface area contributed by atoms with Gasteiger partial charge in [-0.1, -0.05) is 43.7 Å². The number of aryl methyl sites for hydroxylation is 1. The molecule has 0 unspecified atom stereocenters. The van der Waals surface area contributed by atoms with E-state index in [0.29, 0.717) is 18.7 Å². The van der Waals surface area contributed by atoms with Crippen LogP contribution in [-0.4, -0.2) is 61.7 Å². The molecule has 1 saturated heterocycles. The molecule has 1 N–H and O–H groups in total. The van der Waals surface area contributed by atoms with Gasteiger partial charge in [-0.25, -0.2) is 4.98 Å². The number of unbranched alkanes of at least 4 members (excludes halogenated alkanes) is 1. The van der Waals surface area contributed by atoms with E-state index in [2.05, 4.69) is 47.2 Å². The van der Waals surface area contributed by atoms with E-state index in [9.17, 15) is 4.79 Å². The lowest BCUT2D eigenvalue weighted by Gasteiger charge is -2.34. The number of rotatable bonds is 10. The van der Waals surface area contributed by atoms with Gasteiger partial charge in [-0.3, -0.25) is 9.69 Å². The summed E-state index contributed by atoms with van der Waals surface area (Å²) in [5.74, 6) is 0.712. The Bertz CT molecular complexity index is 1060. The van der Waals surface area contributed by atoms with Crippen LogP contribution in [0.3, 0.4) is 0 Å². The summed E-state index contributed by atoms with van der Waals surface area (Å²) in [5.41, 5.74) is 3.10. The summed E-state index contributed by atoms with van der Waals surface area (Å²) in [6.45, 7) is 10.4. The van der Waals surface area contributed by atoms with Gasteiger partial charge in [-0.05, 0) is 48.7 Å². The van der Waals surface area contributed by atoms with E-state index < -0.39 is 0 Å². The van der Waals surface area contributed by atoms with Gasteiger partial charge in [-0.2, -0.15) is 0 Å². The Labute approximate surface area is 200 Å². The Hall–Kier alpha value is -2.64. The molecule has 6 nitrogen and oxygen atoms in total. The van der Waals surface area contributed by atoms with Crippen molar-refractivity contribution >= 4 is 32.6 Å². The van der Waals surface area contributed by atoms with Crippen molar-refractivity contribution in [1.29, 1.82) is 0 Å². The zero-order valence-electron chi connectivity index (χ0n) is 19.7. The van der Waals surface area contributed by atoms with E-state index >= 15 is 0 Å². The third kappa shape index (κ3) is 6.24. The Morgan fingerprint density at radius 1 is 1.12 bits per heavy atom. The van der Waals surface area contributed by atoms with Crippen molar-refractivity contribution in [2.75, 3.05) is 50.8 Å². The average molecular weight is 467 g/mol. The van der Waals surface area contributed by atoms with Crippen LogP contribution in [0.25, 0.3) is 10.2 Å². The fraction of sp³-hybridized carbons (Fsp3) is 0.462. The minimum atomic E-state index is -0.0458. The van der Waals surface area contributed by atoms with Crippen LogP contribution in [0.4, 0.5) is 5.13 Å². The molecule has 1 fully saturated rings. The standard InChI is InChI=1S/C26H34N4O2S/c1-3-5-17-32-22-8-6-7-21(19-22)25(31)27-11-12-29-13-15-30(16-14-29)26-28-23-10-9-20(4-2)18-24(23)33-26/h6-10,18-19H,3-5,11-17H2,1-2H3,(H,27,31). The predicted molar refractivity (Wildman–Crippen MR) is 137 cm³/mol. The lowest BCUT2D eigenvalue weighted by atomic mass is 10.2. The van der Waals surface area contributed by atoms with Crippen molar-refractivity contribution < 1.29 is 9.53 Å². The third-order valence-corrected chi connectivity index (χ3v) is 7.15. The zero-order valence-corrected chi connectivity index (χ0v) is 20.5. The molecular weight excluding hydrogens is 432 g/mol. The summed E-state index contributed by atoms with van der Waals surface area (Å²) in [6, 6.07) is 14.0. The molecule has 7 heteroatoms. The molecule has 0 spiro atoms. The van der Waals surface area contributed by atoms with E-state index in [1.54, 1.807) is 11.3 Å². The van der Waals surface area contributed by atoms with E-state index in [4.69, 9.17) is 9.72 Å². The Balaban J connectivity index is 1.21. The number of ether oxygens (including phenoxy) is 1. The van der Waals surface area contributed by atoms with Crippen LogP contribution < -0.4 is 15.0 Å².